The number of carboxylic acid groups (broad SMARTS) is 1. The highest BCUT2D eigenvalue weighted by Crippen LogP contribution is 2.28. The van der Waals surface area contributed by atoms with Crippen molar-refractivity contribution in [3.05, 3.63) is 119 Å². The van der Waals surface area contributed by atoms with E-state index in [4.69, 9.17) is 4.74 Å². The number of hydrogen-bond acceptors (Lipinski definition) is 5. The Bertz CT molecular complexity index is 1500. The molecule has 1 saturated heterocycles. The molecule has 0 unspecified atom stereocenters. The molecule has 0 saturated carbocycles. The second-order valence-corrected chi connectivity index (χ2v) is 10.5. The second kappa shape index (κ2) is 13.9. The van der Waals surface area contributed by atoms with E-state index >= 15 is 0 Å². The fourth-order valence-corrected chi connectivity index (χ4v) is 5.22. The summed E-state index contributed by atoms with van der Waals surface area (Å²) in [7, 11) is 0. The van der Waals surface area contributed by atoms with E-state index in [0.29, 0.717) is 17.9 Å². The second-order valence-electron chi connectivity index (χ2n) is 10.5. The minimum atomic E-state index is -1.11. The number of carbonyl (C=O) groups is 2. The van der Waals surface area contributed by atoms with Gasteiger partial charge in [0.2, 0.25) is 0 Å². The maximum Gasteiger partial charge on any atom is 0.337 e. The molecule has 0 spiro atoms. The van der Waals surface area contributed by atoms with Crippen LogP contribution in [0.2, 0.25) is 0 Å². The molecule has 0 aromatic heterocycles. The van der Waals surface area contributed by atoms with Crippen molar-refractivity contribution in [2.75, 3.05) is 44.6 Å². The van der Waals surface area contributed by atoms with Gasteiger partial charge >= 0.3 is 5.97 Å². The van der Waals surface area contributed by atoms with Gasteiger partial charge in [0.15, 0.2) is 0 Å². The molecule has 1 aliphatic heterocycles. The number of benzene rings is 4. The van der Waals surface area contributed by atoms with Crippen molar-refractivity contribution in [3.63, 3.8) is 0 Å². The fraction of sp³-hybridized carbons (Fsp3) is 0.257. The lowest BCUT2D eigenvalue weighted by Crippen LogP contribution is -2.46. The summed E-state index contributed by atoms with van der Waals surface area (Å²) in [6.07, 6.45) is 0.801. The monoisotopic (exact) mass is 563 g/mol. The van der Waals surface area contributed by atoms with Gasteiger partial charge in [0.1, 0.15) is 12.4 Å². The molecule has 4 aromatic carbocycles. The van der Waals surface area contributed by atoms with E-state index in [9.17, 15) is 14.7 Å². The highest BCUT2D eigenvalue weighted by atomic mass is 16.5. The number of amides is 1. The molecule has 7 nitrogen and oxygen atoms in total. The minimum Gasteiger partial charge on any atom is -0.488 e. The average molecular weight is 564 g/mol. The number of carboxylic acids is 1. The number of aromatic carboxylic acids is 1. The summed E-state index contributed by atoms with van der Waals surface area (Å²) in [6.45, 7) is 8.71. The molecule has 5 rings (SSSR count). The topological polar surface area (TPSA) is 82.1 Å². The molecular formula is C35H37N3O4. The Morgan fingerprint density at radius 3 is 2.14 bits per heavy atom. The molecule has 2 N–H and O–H groups in total. The Morgan fingerprint density at radius 2 is 1.45 bits per heavy atom. The maximum absolute atomic E-state index is 13.8. The van der Waals surface area contributed by atoms with E-state index in [2.05, 4.69) is 22.0 Å². The quantitative estimate of drug-likeness (QED) is 0.231. The van der Waals surface area contributed by atoms with Gasteiger partial charge in [-0.15, -0.1) is 0 Å². The third kappa shape index (κ3) is 7.43. The van der Waals surface area contributed by atoms with Gasteiger partial charge in [-0.05, 0) is 59.5 Å². The van der Waals surface area contributed by atoms with Gasteiger partial charge in [0, 0.05) is 32.7 Å². The van der Waals surface area contributed by atoms with E-state index in [-0.39, 0.29) is 11.3 Å². The summed E-state index contributed by atoms with van der Waals surface area (Å²) < 4.78 is 6.13. The lowest BCUT2D eigenvalue weighted by atomic mass is 10.0. The highest BCUT2D eigenvalue weighted by Gasteiger charge is 2.20. The van der Waals surface area contributed by atoms with Crippen LogP contribution < -0.4 is 10.1 Å². The Kier molecular flexibility index (Phi) is 9.64. The predicted molar refractivity (Wildman–Crippen MR) is 166 cm³/mol. The molecule has 0 bridgehead atoms. The number of anilines is 1. The summed E-state index contributed by atoms with van der Waals surface area (Å²) in [6, 6.07) is 30.2. The van der Waals surface area contributed by atoms with Crippen LogP contribution >= 0.6 is 0 Å². The normalized spacial score (nSPS) is 13.9. The van der Waals surface area contributed by atoms with Gasteiger partial charge < -0.3 is 25.0 Å². The number of nitrogens with zero attached hydrogens (tertiary/aromatic N) is 2. The summed E-state index contributed by atoms with van der Waals surface area (Å²) in [5.41, 5.74) is 4.40. The van der Waals surface area contributed by atoms with E-state index < -0.39 is 11.9 Å². The molecule has 1 amide bonds. The number of rotatable bonds is 11. The van der Waals surface area contributed by atoms with Crippen LogP contribution in [-0.2, 0) is 13.0 Å². The van der Waals surface area contributed by atoms with Crippen molar-refractivity contribution in [1.29, 1.82) is 0 Å². The Balaban J connectivity index is 1.39. The van der Waals surface area contributed by atoms with Gasteiger partial charge in [0.25, 0.3) is 5.91 Å². The van der Waals surface area contributed by atoms with Crippen molar-refractivity contribution in [2.24, 2.45) is 0 Å². The molecule has 42 heavy (non-hydrogen) atoms. The van der Waals surface area contributed by atoms with Crippen molar-refractivity contribution in [1.82, 2.24) is 9.80 Å². The number of hydrogen-bond donors (Lipinski definition) is 2. The Labute approximate surface area is 247 Å². The maximum atomic E-state index is 13.8. The lowest BCUT2D eigenvalue weighted by molar-refractivity contribution is 0.0698. The zero-order valence-corrected chi connectivity index (χ0v) is 24.0. The molecule has 4 aromatic rings. The van der Waals surface area contributed by atoms with Gasteiger partial charge in [-0.3, -0.25) is 4.79 Å². The molecule has 0 atom stereocenters. The molecule has 1 fully saturated rings. The standard InChI is InChI=1S/C35H37N3O4/c1-2-37-19-21-38(22-20-37)18-17-26-13-16-33(42-25-27-9-5-3-6-10-27)31(23-26)34(39)36-32-24-29(14-15-30(32)35(40)41)28-11-7-4-8-12-28/h3-16,23-24H,2,17-22,25H2,1H3,(H,36,39)(H,40,41). The average Bonchev–Trinajstić information content (AvgIpc) is 3.04. The zero-order valence-electron chi connectivity index (χ0n) is 24.0. The van der Waals surface area contributed by atoms with Gasteiger partial charge in [-0.1, -0.05) is 79.7 Å². The molecule has 0 aliphatic carbocycles. The summed E-state index contributed by atoms with van der Waals surface area (Å²) in [5, 5.41) is 12.7. The zero-order chi connectivity index (χ0) is 29.3. The summed E-state index contributed by atoms with van der Waals surface area (Å²) in [5.74, 6) is -1.07. The van der Waals surface area contributed by atoms with Crippen LogP contribution in [0.25, 0.3) is 11.1 Å². The Hall–Kier alpha value is -4.46. The molecule has 1 aliphatic rings. The number of carbonyl (C=O) groups excluding carboxylic acids is 1. The summed E-state index contributed by atoms with van der Waals surface area (Å²) >= 11 is 0. The molecular weight excluding hydrogens is 526 g/mol. The Morgan fingerprint density at radius 1 is 0.762 bits per heavy atom. The smallest absolute Gasteiger partial charge is 0.337 e. The van der Waals surface area contributed by atoms with Crippen molar-refractivity contribution < 1.29 is 19.4 Å². The van der Waals surface area contributed by atoms with Gasteiger partial charge in [-0.2, -0.15) is 0 Å². The van der Waals surface area contributed by atoms with E-state index in [0.717, 1.165) is 67.9 Å². The van der Waals surface area contributed by atoms with Crippen LogP contribution in [-0.4, -0.2) is 66.1 Å². The molecule has 1 heterocycles. The third-order valence-corrected chi connectivity index (χ3v) is 7.76. The number of likely N-dealkylation sites (N-methyl/N-ethyl adjacent to an activating group) is 1. The highest BCUT2D eigenvalue weighted by molar-refractivity contribution is 6.09. The first kappa shape index (κ1) is 29.0. The van der Waals surface area contributed by atoms with Gasteiger partial charge in [0.05, 0.1) is 16.8 Å². The van der Waals surface area contributed by atoms with Crippen LogP contribution in [0.5, 0.6) is 5.75 Å². The van der Waals surface area contributed by atoms with Gasteiger partial charge in [-0.25, -0.2) is 4.79 Å². The van der Waals surface area contributed by atoms with Crippen molar-refractivity contribution in [3.8, 4) is 16.9 Å². The number of piperazine rings is 1. The first-order chi connectivity index (χ1) is 20.5. The van der Waals surface area contributed by atoms with Crippen molar-refractivity contribution >= 4 is 17.6 Å². The van der Waals surface area contributed by atoms with Crippen LogP contribution in [0.4, 0.5) is 5.69 Å². The first-order valence-electron chi connectivity index (χ1n) is 14.5. The van der Waals surface area contributed by atoms with E-state index in [1.807, 2.05) is 78.9 Å². The van der Waals surface area contributed by atoms with E-state index in [1.54, 1.807) is 12.1 Å². The third-order valence-electron chi connectivity index (χ3n) is 7.76. The van der Waals surface area contributed by atoms with Crippen LogP contribution in [0, 0.1) is 0 Å². The van der Waals surface area contributed by atoms with Crippen molar-refractivity contribution in [2.45, 2.75) is 20.0 Å². The first-order valence-corrected chi connectivity index (χ1v) is 14.5. The van der Waals surface area contributed by atoms with Crippen LogP contribution in [0.15, 0.2) is 97.1 Å². The molecule has 0 radical (unpaired) electrons. The molecule has 7 heteroatoms. The lowest BCUT2D eigenvalue weighted by Gasteiger charge is -2.34. The van der Waals surface area contributed by atoms with Crippen LogP contribution in [0.1, 0.15) is 38.8 Å². The fourth-order valence-electron chi connectivity index (χ4n) is 5.22. The number of nitrogens with one attached hydrogen (secondary N) is 1. The minimum absolute atomic E-state index is 0.0251. The van der Waals surface area contributed by atoms with E-state index in [1.165, 1.54) is 6.07 Å². The summed E-state index contributed by atoms with van der Waals surface area (Å²) in [4.78, 5) is 30.8. The van der Waals surface area contributed by atoms with Crippen LogP contribution in [0.3, 0.4) is 0 Å². The SMILES string of the molecule is CCN1CCN(CCc2ccc(OCc3ccccc3)c(C(=O)Nc3cc(-c4ccccc4)ccc3C(=O)O)c2)CC1. The molecule has 216 valence electrons. The predicted octanol–water partition coefficient (Wildman–Crippen LogP) is 6.06. The largest absolute Gasteiger partial charge is 0.488 e. The number of ether oxygens (including phenoxy) is 1.